The van der Waals surface area contributed by atoms with Crippen LogP contribution in [-0.4, -0.2) is 17.3 Å². The fraction of sp³-hybridized carbons (Fsp3) is 0.138. The van der Waals surface area contributed by atoms with E-state index in [-0.39, 0.29) is 5.41 Å². The highest BCUT2D eigenvalue weighted by molar-refractivity contribution is 6.03. The highest BCUT2D eigenvalue weighted by atomic mass is 35.7. The van der Waals surface area contributed by atoms with Crippen LogP contribution in [0.1, 0.15) is 30.5 Å². The first-order valence-electron chi connectivity index (χ1n) is 11.3. The molecule has 0 bridgehead atoms. The molecule has 0 aliphatic carbocycles. The average Bonchev–Trinajstić information content (AvgIpc) is 3.04. The summed E-state index contributed by atoms with van der Waals surface area (Å²) in [5.41, 5.74) is 7.36. The average molecular weight is 504 g/mol. The molecule has 0 atom stereocenters. The third-order valence-corrected chi connectivity index (χ3v) is 6.23. The number of fused-ring (bicyclic) bond motifs is 2. The summed E-state index contributed by atoms with van der Waals surface area (Å²) in [6.07, 6.45) is 8.48. The van der Waals surface area contributed by atoms with Crippen molar-refractivity contribution in [3.8, 4) is 5.75 Å². The van der Waals surface area contributed by atoms with Crippen LogP contribution in [0.4, 0.5) is 5.69 Å². The molecule has 3 aromatic rings. The van der Waals surface area contributed by atoms with Crippen LogP contribution in [0.15, 0.2) is 109 Å². The molecule has 36 heavy (non-hydrogen) atoms. The Balaban J connectivity index is 0.000000556. The Hall–Kier alpha value is -3.52. The van der Waals surface area contributed by atoms with E-state index in [1.807, 2.05) is 18.2 Å². The summed E-state index contributed by atoms with van der Waals surface area (Å²) in [4.78, 5) is 0. The Kier molecular flexibility index (Phi) is 7.26. The molecular formula is C29H26ClNO5. The van der Waals surface area contributed by atoms with Crippen LogP contribution < -0.4 is 23.4 Å². The van der Waals surface area contributed by atoms with Crippen molar-refractivity contribution in [1.29, 1.82) is 0 Å². The number of hydrogen-bond acceptors (Lipinski definition) is 5. The molecule has 3 aromatic carbocycles. The van der Waals surface area contributed by atoms with Crippen LogP contribution in [0.5, 0.6) is 5.75 Å². The Morgan fingerprint density at radius 2 is 1.44 bits per heavy atom. The Labute approximate surface area is 212 Å². The number of para-hydroxylation sites is 2. The van der Waals surface area contributed by atoms with Crippen molar-refractivity contribution in [2.45, 2.75) is 19.3 Å². The van der Waals surface area contributed by atoms with E-state index in [1.165, 1.54) is 28.1 Å². The minimum Gasteiger partial charge on any atom is -0.457 e. The molecule has 0 spiro atoms. The molecule has 2 heterocycles. The molecule has 0 unspecified atom stereocenters. The summed E-state index contributed by atoms with van der Waals surface area (Å²) >= 11 is 0. The molecule has 6 nitrogen and oxygen atoms in total. The molecule has 5 rings (SSSR count). The molecule has 0 aromatic heterocycles. The molecule has 0 saturated carbocycles. The van der Waals surface area contributed by atoms with Gasteiger partial charge in [-0.05, 0) is 43.2 Å². The number of benzene rings is 3. The molecule has 0 radical (unpaired) electrons. The topological polar surface area (TPSA) is 104 Å². The largest absolute Gasteiger partial charge is 0.457 e. The first-order chi connectivity index (χ1) is 17.1. The normalized spacial score (nSPS) is 17.2. The van der Waals surface area contributed by atoms with Crippen molar-refractivity contribution < 1.29 is 38.2 Å². The van der Waals surface area contributed by atoms with Crippen LogP contribution in [0.25, 0.3) is 5.57 Å². The van der Waals surface area contributed by atoms with Gasteiger partial charge in [0.1, 0.15) is 18.6 Å². The van der Waals surface area contributed by atoms with Crippen molar-refractivity contribution in [3.63, 3.8) is 0 Å². The van der Waals surface area contributed by atoms with Gasteiger partial charge >= 0.3 is 0 Å². The molecule has 184 valence electrons. The van der Waals surface area contributed by atoms with E-state index in [2.05, 4.69) is 110 Å². The third kappa shape index (κ3) is 5.65. The Morgan fingerprint density at radius 1 is 0.833 bits per heavy atom. The summed E-state index contributed by atoms with van der Waals surface area (Å²) in [6.45, 7) is 4.56. The van der Waals surface area contributed by atoms with Gasteiger partial charge in [-0.3, -0.25) is 0 Å². The van der Waals surface area contributed by atoms with Gasteiger partial charge in [-0.15, -0.1) is 10.2 Å². The van der Waals surface area contributed by atoms with E-state index < -0.39 is 10.2 Å². The second-order valence-corrected chi connectivity index (χ2v) is 9.67. The highest BCUT2D eigenvalue weighted by Gasteiger charge is 2.42. The van der Waals surface area contributed by atoms with E-state index in [4.69, 9.17) is 23.4 Å². The number of hydrogen-bond donors (Lipinski definition) is 0. The fourth-order valence-electron chi connectivity index (χ4n) is 4.63. The Morgan fingerprint density at radius 3 is 2.14 bits per heavy atom. The van der Waals surface area contributed by atoms with Gasteiger partial charge in [-0.2, -0.15) is 4.58 Å². The first-order valence-corrected chi connectivity index (χ1v) is 12.5. The number of rotatable bonds is 3. The maximum absolute atomic E-state index is 8.49. The van der Waals surface area contributed by atoms with Gasteiger partial charge in [0.05, 0.1) is 5.41 Å². The maximum atomic E-state index is 8.49. The highest BCUT2D eigenvalue weighted by Crippen LogP contribution is 2.39. The van der Waals surface area contributed by atoms with E-state index in [1.54, 1.807) is 0 Å². The van der Waals surface area contributed by atoms with Crippen molar-refractivity contribution >= 4 is 17.0 Å². The second kappa shape index (κ2) is 10.2. The zero-order chi connectivity index (χ0) is 25.9. The van der Waals surface area contributed by atoms with Crippen LogP contribution in [0, 0.1) is 10.2 Å². The zero-order valence-electron chi connectivity index (χ0n) is 20.2. The lowest BCUT2D eigenvalue weighted by Crippen LogP contribution is -2.68. The van der Waals surface area contributed by atoms with Crippen molar-refractivity contribution in [3.05, 3.63) is 126 Å². The van der Waals surface area contributed by atoms with Crippen LogP contribution in [0.3, 0.4) is 0 Å². The predicted octanol–water partition coefficient (Wildman–Crippen LogP) is 1.90. The minimum atomic E-state index is -4.94. The molecule has 0 fully saturated rings. The van der Waals surface area contributed by atoms with Crippen molar-refractivity contribution in [1.82, 2.24) is 0 Å². The van der Waals surface area contributed by atoms with E-state index >= 15 is 0 Å². The quantitative estimate of drug-likeness (QED) is 0.508. The van der Waals surface area contributed by atoms with Crippen LogP contribution in [-0.2, 0) is 5.41 Å². The summed E-state index contributed by atoms with van der Waals surface area (Å²) in [5, 5.41) is 0. The maximum Gasteiger partial charge on any atom is 0.209 e. The molecule has 0 saturated heterocycles. The van der Waals surface area contributed by atoms with Gasteiger partial charge in [0.25, 0.3) is 0 Å². The SMILES string of the molecule is C[N+]1=C(/C=C/C=C2\C=C(c3ccccc3)c3ccccc3O2)C(C)(C)c2ccccc21.[O-][Cl+3]([O-])([O-])[O-]. The van der Waals surface area contributed by atoms with Crippen LogP contribution in [0.2, 0.25) is 0 Å². The van der Waals surface area contributed by atoms with Crippen LogP contribution >= 0.6 is 0 Å². The first kappa shape index (κ1) is 25.6. The smallest absolute Gasteiger partial charge is 0.209 e. The molecular weight excluding hydrogens is 478 g/mol. The van der Waals surface area contributed by atoms with Gasteiger partial charge in [0.15, 0.2) is 5.71 Å². The van der Waals surface area contributed by atoms with Gasteiger partial charge in [0.2, 0.25) is 5.69 Å². The predicted molar refractivity (Wildman–Crippen MR) is 128 cm³/mol. The lowest BCUT2D eigenvalue weighted by Gasteiger charge is -2.20. The van der Waals surface area contributed by atoms with E-state index in [9.17, 15) is 0 Å². The summed E-state index contributed by atoms with van der Waals surface area (Å²) in [7, 11) is -2.80. The lowest BCUT2D eigenvalue weighted by atomic mass is 9.81. The minimum absolute atomic E-state index is 0.0363. The van der Waals surface area contributed by atoms with Gasteiger partial charge < -0.3 is 4.74 Å². The number of nitrogens with zero attached hydrogens (tertiary/aromatic N) is 1. The number of ether oxygens (including phenoxy) is 1. The molecule has 7 heteroatoms. The van der Waals surface area contributed by atoms with Gasteiger partial charge in [-0.25, -0.2) is 18.6 Å². The van der Waals surface area contributed by atoms with E-state index in [0.717, 1.165) is 17.1 Å². The summed E-state index contributed by atoms with van der Waals surface area (Å²) in [5.74, 6) is 1.73. The fourth-order valence-corrected chi connectivity index (χ4v) is 4.63. The lowest BCUT2D eigenvalue weighted by molar-refractivity contribution is -2.00. The van der Waals surface area contributed by atoms with E-state index in [0.29, 0.717) is 0 Å². The molecule has 2 aliphatic rings. The Bertz CT molecular complexity index is 1380. The second-order valence-electron chi connectivity index (χ2n) is 8.91. The van der Waals surface area contributed by atoms with Crippen molar-refractivity contribution in [2.75, 3.05) is 7.05 Å². The van der Waals surface area contributed by atoms with Gasteiger partial charge in [0, 0.05) is 23.3 Å². The molecule has 0 amide bonds. The number of allylic oxidation sites excluding steroid dienone is 4. The molecule has 0 N–H and O–H groups in total. The summed E-state index contributed by atoms with van der Waals surface area (Å²) < 4.78 is 42.5. The van der Waals surface area contributed by atoms with Crippen molar-refractivity contribution in [2.24, 2.45) is 0 Å². The van der Waals surface area contributed by atoms with Gasteiger partial charge in [-0.1, -0.05) is 72.8 Å². The zero-order valence-corrected chi connectivity index (χ0v) is 20.9. The number of halogens is 1. The molecule has 2 aliphatic heterocycles. The summed E-state index contributed by atoms with van der Waals surface area (Å²) in [6, 6.07) is 27.3. The standard InChI is InChI=1S/C29H26NO.ClHO4/c1-29(2)25-16-8-9-17-26(25)30(3)28(29)19-11-14-22-20-24(21-12-5-4-6-13-21)23-15-7-10-18-27(23)31-22;2-1(3,4)5/h4-20H,1-3H3;(H,2,3,4,5)/q+1;/p-1/b19-11+,22-14+;. The monoisotopic (exact) mass is 503 g/mol. The third-order valence-electron chi connectivity index (χ3n) is 6.23.